The lowest BCUT2D eigenvalue weighted by Crippen LogP contribution is -2.48. The number of likely N-dealkylation sites (N-methyl/N-ethyl adjacent to an activating group) is 2. The van der Waals surface area contributed by atoms with Crippen molar-refractivity contribution >= 4 is 11.8 Å². The largest absolute Gasteiger partial charge is 0.363 e. The topological polar surface area (TPSA) is 84.5 Å². The Hall–Kier alpha value is -1.89. The molecule has 0 spiro atoms. The van der Waals surface area contributed by atoms with Gasteiger partial charge in [0, 0.05) is 32.5 Å². The number of hydrogen-bond donors (Lipinski definition) is 1. The van der Waals surface area contributed by atoms with Gasteiger partial charge in [-0.3, -0.25) is 9.59 Å². The van der Waals surface area contributed by atoms with E-state index in [9.17, 15) is 9.59 Å². The summed E-state index contributed by atoms with van der Waals surface area (Å²) in [6.07, 6.45) is 3.08. The van der Waals surface area contributed by atoms with Crippen molar-refractivity contribution in [2.75, 3.05) is 33.2 Å². The lowest BCUT2D eigenvalue weighted by Gasteiger charge is -2.32. The lowest BCUT2D eigenvalue weighted by atomic mass is 10.0. The van der Waals surface area contributed by atoms with Crippen molar-refractivity contribution in [1.29, 1.82) is 0 Å². The first-order valence-corrected chi connectivity index (χ1v) is 7.57. The molecule has 1 aromatic heterocycles. The monoisotopic (exact) mass is 309 g/mol. The van der Waals surface area contributed by atoms with E-state index in [-0.39, 0.29) is 11.7 Å². The second kappa shape index (κ2) is 7.40. The van der Waals surface area contributed by atoms with Crippen LogP contribution in [-0.4, -0.2) is 64.4 Å². The van der Waals surface area contributed by atoms with Gasteiger partial charge in [0.05, 0.1) is 0 Å². The number of rotatable bonds is 8. The van der Waals surface area contributed by atoms with Crippen molar-refractivity contribution in [3.8, 4) is 0 Å². The van der Waals surface area contributed by atoms with Gasteiger partial charge in [0.2, 0.25) is 5.91 Å². The summed E-state index contributed by atoms with van der Waals surface area (Å²) in [5.74, 6) is -0.632. The van der Waals surface area contributed by atoms with Crippen molar-refractivity contribution in [3.63, 3.8) is 0 Å². The molecule has 124 valence electrons. The van der Waals surface area contributed by atoms with Crippen LogP contribution in [-0.2, 0) is 10.3 Å². The van der Waals surface area contributed by atoms with Gasteiger partial charge in [-0.15, -0.1) is 0 Å². The summed E-state index contributed by atoms with van der Waals surface area (Å²) in [4.78, 5) is 32.0. The van der Waals surface area contributed by atoms with Crippen LogP contribution in [0.25, 0.3) is 0 Å². The molecule has 0 aliphatic heterocycles. The van der Waals surface area contributed by atoms with Gasteiger partial charge >= 0.3 is 0 Å². The normalized spacial score (nSPS) is 11.7. The maximum absolute atomic E-state index is 12.7. The molecule has 0 atom stereocenters. The summed E-state index contributed by atoms with van der Waals surface area (Å²) in [5.41, 5.74) is 4.39. The van der Waals surface area contributed by atoms with Crippen LogP contribution < -0.4 is 5.73 Å². The molecule has 0 aromatic carbocycles. The quantitative estimate of drug-likeness (QED) is 0.758. The lowest BCUT2D eigenvalue weighted by molar-refractivity contribution is -0.138. The highest BCUT2D eigenvalue weighted by Gasteiger charge is 2.34. The molecule has 2 amide bonds. The highest BCUT2D eigenvalue weighted by molar-refractivity contribution is 5.91. The second-order valence-electron chi connectivity index (χ2n) is 5.80. The molecule has 0 saturated carbocycles. The molecule has 7 heteroatoms. The van der Waals surface area contributed by atoms with Gasteiger partial charge in [0.15, 0.2) is 5.82 Å². The molecule has 0 radical (unpaired) electrons. The van der Waals surface area contributed by atoms with Crippen molar-refractivity contribution in [2.45, 2.75) is 33.2 Å². The highest BCUT2D eigenvalue weighted by atomic mass is 16.2. The molecule has 0 unspecified atom stereocenters. The Labute approximate surface area is 132 Å². The fourth-order valence-electron chi connectivity index (χ4n) is 2.44. The minimum atomic E-state index is -0.918. The minimum absolute atomic E-state index is 0.0832. The molecular formula is C15H27N5O2. The Morgan fingerprint density at radius 3 is 2.36 bits per heavy atom. The molecule has 1 heterocycles. The molecule has 0 bridgehead atoms. The number of amides is 2. The van der Waals surface area contributed by atoms with Crippen molar-refractivity contribution in [2.24, 2.45) is 5.73 Å². The molecule has 0 aliphatic rings. The fraction of sp³-hybridized carbons (Fsp3) is 0.667. The van der Waals surface area contributed by atoms with Gasteiger partial charge < -0.3 is 20.1 Å². The predicted molar refractivity (Wildman–Crippen MR) is 85.5 cm³/mol. The van der Waals surface area contributed by atoms with Crippen LogP contribution in [0.5, 0.6) is 0 Å². The van der Waals surface area contributed by atoms with Crippen LogP contribution in [0.15, 0.2) is 12.4 Å². The summed E-state index contributed by atoms with van der Waals surface area (Å²) in [7, 11) is 1.77. The van der Waals surface area contributed by atoms with Gasteiger partial charge in [0.25, 0.3) is 5.91 Å². The van der Waals surface area contributed by atoms with Gasteiger partial charge in [-0.2, -0.15) is 0 Å². The average Bonchev–Trinajstić information content (AvgIpc) is 2.97. The summed E-state index contributed by atoms with van der Waals surface area (Å²) in [5, 5.41) is 0. The Bertz CT molecular complexity index is 520. The number of carbonyl (C=O) groups excluding carboxylic acids is 2. The molecule has 1 aromatic rings. The second-order valence-corrected chi connectivity index (χ2v) is 5.80. The van der Waals surface area contributed by atoms with Gasteiger partial charge in [-0.1, -0.05) is 13.8 Å². The van der Waals surface area contributed by atoms with Crippen LogP contribution in [0.1, 0.15) is 38.3 Å². The summed E-state index contributed by atoms with van der Waals surface area (Å²) < 4.78 is 1.53. The number of carbonyl (C=O) groups is 2. The first kappa shape index (κ1) is 18.2. The molecule has 22 heavy (non-hydrogen) atoms. The zero-order valence-electron chi connectivity index (χ0n) is 14.2. The maximum Gasteiger partial charge on any atom is 0.284 e. The molecule has 0 saturated heterocycles. The van der Waals surface area contributed by atoms with E-state index in [0.29, 0.717) is 6.54 Å². The van der Waals surface area contributed by atoms with Crippen LogP contribution >= 0.6 is 0 Å². The van der Waals surface area contributed by atoms with E-state index in [4.69, 9.17) is 5.73 Å². The van der Waals surface area contributed by atoms with Gasteiger partial charge in [-0.05, 0) is 26.9 Å². The highest BCUT2D eigenvalue weighted by Crippen LogP contribution is 2.20. The molecule has 1 rings (SSSR count). The first-order chi connectivity index (χ1) is 10.3. The summed E-state index contributed by atoms with van der Waals surface area (Å²) >= 11 is 0. The fourth-order valence-corrected chi connectivity index (χ4v) is 2.44. The standard InChI is InChI=1S/C15H27N5O2/c1-6-19(7-2)11-10-18(5)14(22)15(3,4)20-9-8-17-13(20)12(16)21/h8-9H,6-7,10-11H2,1-5H3,(H2,16,21). The zero-order chi connectivity index (χ0) is 16.9. The number of nitrogens with two attached hydrogens (primary N) is 1. The number of primary amides is 1. The SMILES string of the molecule is CCN(CC)CCN(C)C(=O)C(C)(C)n1ccnc1C(N)=O. The molecule has 2 N–H and O–H groups in total. The van der Waals surface area contributed by atoms with Gasteiger partial charge in [0.1, 0.15) is 5.54 Å². The van der Waals surface area contributed by atoms with E-state index in [1.54, 1.807) is 32.0 Å². The molecular weight excluding hydrogens is 282 g/mol. The predicted octanol–water partition coefficient (Wildman–Crippen LogP) is 0.517. The smallest absolute Gasteiger partial charge is 0.284 e. The Morgan fingerprint density at radius 2 is 1.86 bits per heavy atom. The molecule has 0 aliphatic carbocycles. The Balaban J connectivity index is 2.85. The zero-order valence-corrected chi connectivity index (χ0v) is 14.2. The van der Waals surface area contributed by atoms with Crippen molar-refractivity contribution in [1.82, 2.24) is 19.4 Å². The average molecular weight is 309 g/mol. The van der Waals surface area contributed by atoms with Crippen molar-refractivity contribution < 1.29 is 9.59 Å². The van der Waals surface area contributed by atoms with E-state index in [1.807, 2.05) is 0 Å². The van der Waals surface area contributed by atoms with Crippen molar-refractivity contribution in [3.05, 3.63) is 18.2 Å². The maximum atomic E-state index is 12.7. The van der Waals surface area contributed by atoms with Gasteiger partial charge in [-0.25, -0.2) is 4.98 Å². The third-order valence-electron chi connectivity index (χ3n) is 3.98. The summed E-state index contributed by atoms with van der Waals surface area (Å²) in [6, 6.07) is 0. The summed E-state index contributed by atoms with van der Waals surface area (Å²) in [6.45, 7) is 11.1. The van der Waals surface area contributed by atoms with Crippen LogP contribution in [0.4, 0.5) is 0 Å². The van der Waals surface area contributed by atoms with Crippen LogP contribution in [0, 0.1) is 0 Å². The minimum Gasteiger partial charge on any atom is -0.363 e. The number of aromatic nitrogens is 2. The van der Waals surface area contributed by atoms with E-state index >= 15 is 0 Å². The third kappa shape index (κ3) is 3.85. The van der Waals surface area contributed by atoms with E-state index in [1.165, 1.54) is 10.8 Å². The molecule has 0 fully saturated rings. The van der Waals surface area contributed by atoms with E-state index < -0.39 is 11.4 Å². The van der Waals surface area contributed by atoms with Crippen LogP contribution in [0.2, 0.25) is 0 Å². The Kier molecular flexibility index (Phi) is 6.11. The van der Waals surface area contributed by atoms with E-state index in [2.05, 4.69) is 23.7 Å². The first-order valence-electron chi connectivity index (χ1n) is 7.57. The molecule has 7 nitrogen and oxygen atoms in total. The van der Waals surface area contributed by atoms with E-state index in [0.717, 1.165) is 19.6 Å². The number of imidazole rings is 1. The Morgan fingerprint density at radius 1 is 1.27 bits per heavy atom. The number of hydrogen-bond acceptors (Lipinski definition) is 4. The number of nitrogens with zero attached hydrogens (tertiary/aromatic N) is 4. The third-order valence-corrected chi connectivity index (χ3v) is 3.98. The van der Waals surface area contributed by atoms with Crippen LogP contribution in [0.3, 0.4) is 0 Å².